The minimum absolute atomic E-state index is 0.0629. The number of nitrogens with zero attached hydrogens (tertiary/aromatic N) is 3. The molecule has 6 heteroatoms. The Bertz CT molecular complexity index is 549. The van der Waals surface area contributed by atoms with Gasteiger partial charge in [-0.3, -0.25) is 4.79 Å². The highest BCUT2D eigenvalue weighted by Crippen LogP contribution is 2.21. The Labute approximate surface area is 150 Å². The summed E-state index contributed by atoms with van der Waals surface area (Å²) in [5.74, 6) is 0.636. The lowest BCUT2D eigenvalue weighted by Gasteiger charge is -2.40. The number of hydrogen-bond donors (Lipinski definition) is 1. The van der Waals surface area contributed by atoms with Crippen LogP contribution < -0.4 is 10.5 Å². The van der Waals surface area contributed by atoms with Crippen LogP contribution in [0.25, 0.3) is 0 Å². The van der Waals surface area contributed by atoms with E-state index in [-0.39, 0.29) is 5.91 Å². The van der Waals surface area contributed by atoms with Crippen LogP contribution in [0.5, 0.6) is 5.88 Å². The number of hydrogen-bond acceptors (Lipinski definition) is 5. The number of carbonyl (C=O) groups is 1. The van der Waals surface area contributed by atoms with Crippen molar-refractivity contribution in [3.63, 3.8) is 0 Å². The van der Waals surface area contributed by atoms with Crippen LogP contribution in [-0.2, 0) is 11.2 Å². The zero-order chi connectivity index (χ0) is 17.6. The Morgan fingerprint density at radius 2 is 1.96 bits per heavy atom. The minimum Gasteiger partial charge on any atom is -0.481 e. The van der Waals surface area contributed by atoms with Gasteiger partial charge in [0, 0.05) is 31.4 Å². The normalized spacial score (nSPS) is 21.1. The molecule has 138 valence electrons. The maximum absolute atomic E-state index is 12.7. The van der Waals surface area contributed by atoms with Gasteiger partial charge in [-0.2, -0.15) is 0 Å². The van der Waals surface area contributed by atoms with Gasteiger partial charge in [0.05, 0.1) is 13.2 Å². The Morgan fingerprint density at radius 3 is 2.56 bits per heavy atom. The lowest BCUT2D eigenvalue weighted by atomic mass is 9.99. The molecule has 0 bridgehead atoms. The first kappa shape index (κ1) is 18.1. The van der Waals surface area contributed by atoms with Crippen LogP contribution in [0.4, 0.5) is 0 Å². The molecule has 6 nitrogen and oxygen atoms in total. The van der Waals surface area contributed by atoms with Gasteiger partial charge in [-0.1, -0.05) is 12.5 Å². The summed E-state index contributed by atoms with van der Waals surface area (Å²) >= 11 is 0. The van der Waals surface area contributed by atoms with Gasteiger partial charge in [-0.05, 0) is 50.8 Å². The second-order valence-corrected chi connectivity index (χ2v) is 7.17. The van der Waals surface area contributed by atoms with E-state index in [0.29, 0.717) is 18.3 Å². The third kappa shape index (κ3) is 4.70. The van der Waals surface area contributed by atoms with Gasteiger partial charge in [0.25, 0.3) is 0 Å². The third-order valence-corrected chi connectivity index (χ3v) is 5.46. The molecule has 3 heterocycles. The van der Waals surface area contributed by atoms with Gasteiger partial charge >= 0.3 is 0 Å². The molecule has 1 amide bonds. The summed E-state index contributed by atoms with van der Waals surface area (Å²) < 4.78 is 5.06. The first-order valence-electron chi connectivity index (χ1n) is 9.44. The predicted octanol–water partition coefficient (Wildman–Crippen LogP) is 1.44. The molecule has 0 saturated carbocycles. The van der Waals surface area contributed by atoms with Crippen LogP contribution in [-0.4, -0.2) is 66.1 Å². The smallest absolute Gasteiger partial charge is 0.239 e. The summed E-state index contributed by atoms with van der Waals surface area (Å²) in [6, 6.07) is 3.87. The van der Waals surface area contributed by atoms with Crippen molar-refractivity contribution in [3.05, 3.63) is 23.9 Å². The average Bonchev–Trinajstić information content (AvgIpc) is 2.69. The van der Waals surface area contributed by atoms with Crippen molar-refractivity contribution < 1.29 is 9.53 Å². The van der Waals surface area contributed by atoms with E-state index >= 15 is 0 Å². The van der Waals surface area contributed by atoms with Gasteiger partial charge in [0.15, 0.2) is 0 Å². The molecule has 1 aromatic rings. The summed E-state index contributed by atoms with van der Waals surface area (Å²) in [6.07, 6.45) is 8.39. The SMILES string of the molecule is COc1ccc(CC(N)C(=O)N2CCC(N3CCCCC3)CC2)cn1. The van der Waals surface area contributed by atoms with E-state index in [1.807, 2.05) is 11.0 Å². The Kier molecular flexibility index (Phi) is 6.26. The number of ether oxygens (including phenoxy) is 1. The van der Waals surface area contributed by atoms with Gasteiger partial charge in [0.2, 0.25) is 11.8 Å². The molecule has 25 heavy (non-hydrogen) atoms. The molecule has 3 rings (SSSR count). The topological polar surface area (TPSA) is 71.7 Å². The molecule has 2 N–H and O–H groups in total. The Hall–Kier alpha value is -1.66. The zero-order valence-electron chi connectivity index (χ0n) is 15.2. The molecule has 1 atom stereocenters. The highest BCUT2D eigenvalue weighted by atomic mass is 16.5. The van der Waals surface area contributed by atoms with Crippen LogP contribution in [0.1, 0.15) is 37.7 Å². The molecule has 0 aromatic carbocycles. The quantitative estimate of drug-likeness (QED) is 0.873. The third-order valence-electron chi connectivity index (χ3n) is 5.46. The van der Waals surface area contributed by atoms with Crippen molar-refractivity contribution in [3.8, 4) is 5.88 Å². The second kappa shape index (κ2) is 8.63. The number of amides is 1. The largest absolute Gasteiger partial charge is 0.481 e. The van der Waals surface area contributed by atoms with Gasteiger partial charge in [-0.15, -0.1) is 0 Å². The van der Waals surface area contributed by atoms with Crippen LogP contribution in [0.2, 0.25) is 0 Å². The molecule has 2 aliphatic rings. The first-order valence-corrected chi connectivity index (χ1v) is 9.44. The fraction of sp³-hybridized carbons (Fsp3) is 0.684. The molecule has 2 aliphatic heterocycles. The number of piperidine rings is 2. The number of rotatable bonds is 5. The van der Waals surface area contributed by atoms with Crippen LogP contribution in [0.15, 0.2) is 18.3 Å². The first-order chi connectivity index (χ1) is 12.2. The monoisotopic (exact) mass is 346 g/mol. The Morgan fingerprint density at radius 1 is 1.24 bits per heavy atom. The summed E-state index contributed by atoms with van der Waals surface area (Å²) in [6.45, 7) is 4.11. The molecule has 2 fully saturated rings. The predicted molar refractivity (Wildman–Crippen MR) is 97.5 cm³/mol. The molecule has 2 saturated heterocycles. The van der Waals surface area contributed by atoms with E-state index in [1.54, 1.807) is 19.4 Å². The number of methoxy groups -OCH3 is 1. The number of likely N-dealkylation sites (tertiary alicyclic amines) is 2. The summed E-state index contributed by atoms with van der Waals surface area (Å²) in [4.78, 5) is 21.4. The van der Waals surface area contributed by atoms with Crippen molar-refractivity contribution in [2.24, 2.45) is 5.73 Å². The van der Waals surface area contributed by atoms with Crippen LogP contribution in [0, 0.1) is 0 Å². The van der Waals surface area contributed by atoms with Gasteiger partial charge in [-0.25, -0.2) is 4.98 Å². The molecule has 0 spiro atoms. The van der Waals surface area contributed by atoms with E-state index in [0.717, 1.165) is 31.5 Å². The number of nitrogens with two attached hydrogens (primary N) is 1. The molecule has 1 unspecified atom stereocenters. The van der Waals surface area contributed by atoms with Crippen molar-refractivity contribution in [2.75, 3.05) is 33.3 Å². The average molecular weight is 346 g/mol. The van der Waals surface area contributed by atoms with Crippen molar-refractivity contribution in [1.82, 2.24) is 14.8 Å². The summed E-state index contributed by atoms with van der Waals surface area (Å²) in [5, 5.41) is 0. The number of aromatic nitrogens is 1. The van der Waals surface area contributed by atoms with E-state index in [4.69, 9.17) is 10.5 Å². The Balaban J connectivity index is 1.47. The lowest BCUT2D eigenvalue weighted by Crippen LogP contribution is -2.52. The summed E-state index contributed by atoms with van der Waals surface area (Å²) in [7, 11) is 1.59. The molecule has 0 aliphatic carbocycles. The van der Waals surface area contributed by atoms with Gasteiger partial charge in [0.1, 0.15) is 0 Å². The number of carbonyl (C=O) groups excluding carboxylic acids is 1. The maximum atomic E-state index is 12.7. The van der Waals surface area contributed by atoms with Crippen LogP contribution >= 0.6 is 0 Å². The maximum Gasteiger partial charge on any atom is 0.239 e. The van der Waals surface area contributed by atoms with Crippen molar-refractivity contribution in [2.45, 2.75) is 50.6 Å². The lowest BCUT2D eigenvalue weighted by molar-refractivity contribution is -0.134. The van der Waals surface area contributed by atoms with Crippen molar-refractivity contribution >= 4 is 5.91 Å². The van der Waals surface area contributed by atoms with E-state index in [1.165, 1.54) is 32.4 Å². The molecule has 1 aromatic heterocycles. The highest BCUT2D eigenvalue weighted by Gasteiger charge is 2.29. The minimum atomic E-state index is -0.498. The standard InChI is InChI=1S/C19H30N4O2/c1-25-18-6-5-15(14-21-18)13-17(20)19(24)23-11-7-16(8-12-23)22-9-3-2-4-10-22/h5-6,14,16-17H,2-4,7-13,20H2,1H3. The molecular formula is C19H30N4O2. The number of pyridine rings is 1. The zero-order valence-corrected chi connectivity index (χ0v) is 15.2. The van der Waals surface area contributed by atoms with E-state index in [2.05, 4.69) is 9.88 Å². The fourth-order valence-electron chi connectivity index (χ4n) is 3.96. The van der Waals surface area contributed by atoms with Gasteiger partial charge < -0.3 is 20.3 Å². The fourth-order valence-corrected chi connectivity index (χ4v) is 3.96. The molecule has 0 radical (unpaired) electrons. The summed E-state index contributed by atoms with van der Waals surface area (Å²) in [5.41, 5.74) is 7.13. The van der Waals surface area contributed by atoms with E-state index in [9.17, 15) is 4.79 Å². The van der Waals surface area contributed by atoms with Crippen molar-refractivity contribution in [1.29, 1.82) is 0 Å². The highest BCUT2D eigenvalue weighted by molar-refractivity contribution is 5.82. The van der Waals surface area contributed by atoms with E-state index < -0.39 is 6.04 Å². The second-order valence-electron chi connectivity index (χ2n) is 7.17. The van der Waals surface area contributed by atoms with Crippen LogP contribution in [0.3, 0.4) is 0 Å². The molecular weight excluding hydrogens is 316 g/mol.